The second-order valence-electron chi connectivity index (χ2n) is 8.99. The van der Waals surface area contributed by atoms with E-state index in [1.165, 1.54) is 6.07 Å². The zero-order chi connectivity index (χ0) is 24.9. The Hall–Kier alpha value is -3.01. The molecule has 35 heavy (non-hydrogen) atoms. The van der Waals surface area contributed by atoms with Crippen LogP contribution in [0.3, 0.4) is 0 Å². The molecule has 2 aliphatic rings. The third-order valence-corrected chi connectivity index (χ3v) is 6.54. The lowest BCUT2D eigenvalue weighted by Crippen LogP contribution is -2.49. The Kier molecular flexibility index (Phi) is 8.00. The number of piperidine rings is 1. The van der Waals surface area contributed by atoms with Gasteiger partial charge in [0.2, 0.25) is 0 Å². The summed E-state index contributed by atoms with van der Waals surface area (Å²) in [5, 5.41) is 17.4. The van der Waals surface area contributed by atoms with E-state index >= 15 is 0 Å². The third-order valence-electron chi connectivity index (χ3n) is 6.23. The zero-order valence-electron chi connectivity index (χ0n) is 19.8. The van der Waals surface area contributed by atoms with Gasteiger partial charge in [0.05, 0.1) is 46.5 Å². The van der Waals surface area contributed by atoms with Gasteiger partial charge in [0, 0.05) is 43.2 Å². The van der Waals surface area contributed by atoms with Gasteiger partial charge in [-0.05, 0) is 51.1 Å². The monoisotopic (exact) mass is 500 g/mol. The molecular formula is C25H30ClFN6O2. The number of anilines is 2. The maximum atomic E-state index is 14.4. The quantitative estimate of drug-likeness (QED) is 0.388. The number of likely N-dealkylation sites (N-methyl/N-ethyl adjacent to an activating group) is 1. The van der Waals surface area contributed by atoms with Gasteiger partial charge >= 0.3 is 0 Å². The molecule has 10 heteroatoms. The maximum Gasteiger partial charge on any atom is 0.254 e. The summed E-state index contributed by atoms with van der Waals surface area (Å²) in [6, 6.07) is 4.67. The molecule has 1 aromatic carbocycles. The summed E-state index contributed by atoms with van der Waals surface area (Å²) in [4.78, 5) is 19.0. The number of hydrogen-bond donors (Lipinski definition) is 4. The zero-order valence-corrected chi connectivity index (χ0v) is 20.5. The second kappa shape index (κ2) is 11.2. The van der Waals surface area contributed by atoms with Gasteiger partial charge < -0.3 is 31.0 Å². The Morgan fingerprint density at radius 1 is 1.23 bits per heavy atom. The van der Waals surface area contributed by atoms with E-state index in [1.54, 1.807) is 25.7 Å². The summed E-state index contributed by atoms with van der Waals surface area (Å²) in [6.07, 6.45) is 8.91. The number of allylic oxidation sites excluding steroid dienone is 1. The van der Waals surface area contributed by atoms with E-state index in [-0.39, 0.29) is 28.8 Å². The van der Waals surface area contributed by atoms with Gasteiger partial charge in [-0.3, -0.25) is 9.78 Å². The van der Waals surface area contributed by atoms with E-state index in [2.05, 4.69) is 32.9 Å². The molecule has 1 aromatic heterocycles. The van der Waals surface area contributed by atoms with Crippen LogP contribution in [0.15, 0.2) is 36.8 Å². The van der Waals surface area contributed by atoms with Crippen LogP contribution in [0, 0.1) is 11.2 Å². The average molecular weight is 501 g/mol. The first kappa shape index (κ1) is 25.1. The molecule has 1 aliphatic heterocycles. The second-order valence-corrected chi connectivity index (χ2v) is 9.39. The van der Waals surface area contributed by atoms with Crippen LogP contribution in [0.25, 0.3) is 5.57 Å². The number of amides is 1. The topological polar surface area (TPSA) is 102 Å². The van der Waals surface area contributed by atoms with Crippen molar-refractivity contribution >= 4 is 40.7 Å². The minimum absolute atomic E-state index is 0.0710. The molecule has 4 N–H and O–H groups in total. The van der Waals surface area contributed by atoms with Crippen LogP contribution in [0.5, 0.6) is 0 Å². The fourth-order valence-corrected chi connectivity index (χ4v) is 4.34. The Morgan fingerprint density at radius 2 is 2.00 bits per heavy atom. The van der Waals surface area contributed by atoms with E-state index < -0.39 is 11.7 Å². The number of carbonyl (C=O) groups is 1. The summed E-state index contributed by atoms with van der Waals surface area (Å²) in [6.45, 7) is 1.83. The smallest absolute Gasteiger partial charge is 0.254 e. The summed E-state index contributed by atoms with van der Waals surface area (Å²) in [5.41, 5.74) is 2.22. The lowest BCUT2D eigenvalue weighted by atomic mass is 10.0. The van der Waals surface area contributed by atoms with Gasteiger partial charge in [-0.2, -0.15) is 0 Å². The summed E-state index contributed by atoms with van der Waals surface area (Å²) in [7, 11) is 3.80. The Morgan fingerprint density at radius 3 is 2.71 bits per heavy atom. The van der Waals surface area contributed by atoms with E-state index in [9.17, 15) is 9.18 Å². The molecule has 2 heterocycles. The number of benzene rings is 1. The van der Waals surface area contributed by atoms with Crippen molar-refractivity contribution in [1.29, 1.82) is 5.41 Å². The number of nitrogens with one attached hydrogen (secondary N) is 4. The molecule has 1 amide bonds. The number of aromatic nitrogens is 1. The lowest BCUT2D eigenvalue weighted by molar-refractivity contribution is 0.0312. The van der Waals surface area contributed by atoms with Crippen LogP contribution in [-0.2, 0) is 4.74 Å². The first-order chi connectivity index (χ1) is 16.9. The molecule has 0 spiro atoms. The van der Waals surface area contributed by atoms with Gasteiger partial charge in [0.15, 0.2) is 0 Å². The van der Waals surface area contributed by atoms with E-state index in [0.717, 1.165) is 50.3 Å². The lowest BCUT2D eigenvalue weighted by Gasteiger charge is -2.36. The Bertz CT molecular complexity index is 1120. The molecule has 2 unspecified atom stereocenters. The van der Waals surface area contributed by atoms with Crippen LogP contribution in [-0.4, -0.2) is 67.4 Å². The van der Waals surface area contributed by atoms with E-state index in [1.807, 2.05) is 6.07 Å². The highest BCUT2D eigenvalue weighted by Gasteiger charge is 2.28. The summed E-state index contributed by atoms with van der Waals surface area (Å²) < 4.78 is 20.1. The molecule has 1 saturated carbocycles. The average Bonchev–Trinajstić information content (AvgIpc) is 3.65. The number of ether oxygens (including phenoxy) is 1. The van der Waals surface area contributed by atoms with Crippen LogP contribution in [0.4, 0.5) is 15.8 Å². The predicted octanol–water partition coefficient (Wildman–Crippen LogP) is 4.00. The van der Waals surface area contributed by atoms with E-state index in [4.69, 9.17) is 21.7 Å². The van der Waals surface area contributed by atoms with E-state index in [0.29, 0.717) is 16.8 Å². The van der Waals surface area contributed by atoms with Crippen LogP contribution in [0.1, 0.15) is 35.2 Å². The van der Waals surface area contributed by atoms with Crippen molar-refractivity contribution in [3.8, 4) is 0 Å². The number of methoxy groups -OCH3 is 1. The standard InChI is InChI=1S/C25H30ClFN6O2/c1-33-6-5-23(24(14-33)35-2)31-18-7-17(12-29-13-18)30-11-15(10-28)19-8-20(22(27)9-21(19)26)25(34)32-16-3-4-16/h7-13,16,23-24,28,30-31H,3-6,14H2,1-2H3,(H,32,34)/b15-11+,28-10?. The fraction of sp³-hybridized carbons (Fsp3) is 0.400. The van der Waals surface area contributed by atoms with Crippen LogP contribution in [0.2, 0.25) is 5.02 Å². The molecular weight excluding hydrogens is 471 g/mol. The highest BCUT2D eigenvalue weighted by atomic mass is 35.5. The molecule has 186 valence electrons. The first-order valence-electron chi connectivity index (χ1n) is 11.6. The van der Waals surface area contributed by atoms with Crippen molar-refractivity contribution < 1.29 is 13.9 Å². The first-order valence-corrected chi connectivity index (χ1v) is 12.0. The number of pyridine rings is 1. The van der Waals surface area contributed by atoms with Gasteiger partial charge in [-0.1, -0.05) is 11.6 Å². The number of carbonyl (C=O) groups excluding carboxylic acids is 1. The van der Waals surface area contributed by atoms with Gasteiger partial charge in [-0.25, -0.2) is 4.39 Å². The minimum atomic E-state index is -0.694. The molecule has 2 fully saturated rings. The summed E-state index contributed by atoms with van der Waals surface area (Å²) in [5.74, 6) is -1.17. The maximum absolute atomic E-state index is 14.4. The number of likely N-dealkylation sites (tertiary alicyclic amines) is 1. The van der Waals surface area contributed by atoms with Crippen molar-refractivity contribution in [1.82, 2.24) is 15.2 Å². The van der Waals surface area contributed by atoms with Crippen LogP contribution >= 0.6 is 11.6 Å². The van der Waals surface area contributed by atoms with Crippen LogP contribution < -0.4 is 16.0 Å². The molecule has 2 atom stereocenters. The SMILES string of the molecule is COC1CN(C)CCC1Nc1cncc(N/C=C(\C=N)c2cc(C(=O)NC3CC3)c(F)cc2Cl)c1. The van der Waals surface area contributed by atoms with Gasteiger partial charge in [0.25, 0.3) is 5.91 Å². The number of hydrogen-bond acceptors (Lipinski definition) is 7. The highest BCUT2D eigenvalue weighted by Crippen LogP contribution is 2.28. The molecule has 1 aliphatic carbocycles. The molecule has 2 aromatic rings. The summed E-state index contributed by atoms with van der Waals surface area (Å²) >= 11 is 6.27. The normalized spacial score (nSPS) is 20.9. The van der Waals surface area contributed by atoms with Gasteiger partial charge in [-0.15, -0.1) is 0 Å². The number of halogens is 2. The van der Waals surface area contributed by atoms with Gasteiger partial charge in [0.1, 0.15) is 5.82 Å². The van der Waals surface area contributed by atoms with Crippen molar-refractivity contribution in [3.05, 3.63) is 58.8 Å². The van der Waals surface area contributed by atoms with Crippen molar-refractivity contribution in [2.45, 2.75) is 37.5 Å². The number of nitrogens with zero attached hydrogens (tertiary/aromatic N) is 2. The molecule has 1 saturated heterocycles. The fourth-order valence-electron chi connectivity index (χ4n) is 4.08. The predicted molar refractivity (Wildman–Crippen MR) is 137 cm³/mol. The third kappa shape index (κ3) is 6.36. The minimum Gasteiger partial charge on any atom is -0.378 e. The van der Waals surface area contributed by atoms with Crippen molar-refractivity contribution in [3.63, 3.8) is 0 Å². The molecule has 0 bridgehead atoms. The highest BCUT2D eigenvalue weighted by molar-refractivity contribution is 6.34. The largest absolute Gasteiger partial charge is 0.378 e. The number of rotatable bonds is 9. The molecule has 8 nitrogen and oxygen atoms in total. The Balaban J connectivity index is 1.50. The van der Waals surface area contributed by atoms with Crippen molar-refractivity contribution in [2.75, 3.05) is 37.9 Å². The Labute approximate surface area is 209 Å². The molecule has 0 radical (unpaired) electrons. The van der Waals surface area contributed by atoms with Crippen molar-refractivity contribution in [2.24, 2.45) is 0 Å². The molecule has 4 rings (SSSR count).